The molecule has 0 saturated carbocycles. The third kappa shape index (κ3) is 5.32. The van der Waals surface area contributed by atoms with Crippen LogP contribution in [-0.4, -0.2) is 12.8 Å². The molecular formula is C22H21O4P. The van der Waals surface area contributed by atoms with Crippen LogP contribution in [0.4, 0.5) is 0 Å². The molecule has 3 aromatic carbocycles. The maximum absolute atomic E-state index is 12.3. The maximum Gasteiger partial charge on any atom is 0.343 e. The lowest BCUT2D eigenvalue weighted by Gasteiger charge is -2.12. The molecule has 0 amide bonds. The highest BCUT2D eigenvalue weighted by molar-refractivity contribution is 7.15. The number of hydrogen-bond donors (Lipinski definition) is 0. The molecule has 0 aliphatic rings. The normalized spacial score (nSPS) is 10.3. The topological polar surface area (TPSA) is 44.8 Å². The van der Waals surface area contributed by atoms with Gasteiger partial charge in [-0.15, -0.1) is 9.24 Å². The van der Waals surface area contributed by atoms with Crippen LogP contribution in [0.2, 0.25) is 0 Å². The molecule has 0 aliphatic carbocycles. The van der Waals surface area contributed by atoms with Crippen molar-refractivity contribution in [3.63, 3.8) is 0 Å². The first-order valence-electron chi connectivity index (χ1n) is 8.58. The number of esters is 1. The summed E-state index contributed by atoms with van der Waals surface area (Å²) in [4.78, 5) is 12.3. The van der Waals surface area contributed by atoms with Crippen LogP contribution in [0, 0.1) is 6.92 Å². The van der Waals surface area contributed by atoms with Gasteiger partial charge in [-0.05, 0) is 66.7 Å². The summed E-state index contributed by atoms with van der Waals surface area (Å²) in [6.07, 6.45) is 0.851. The molecule has 0 spiro atoms. The number of carbonyl (C=O) groups excluding carboxylic acids is 1. The highest BCUT2D eigenvalue weighted by Gasteiger charge is 2.10. The third-order valence-corrected chi connectivity index (χ3v) is 4.44. The number of hydrogen-bond acceptors (Lipinski definition) is 4. The van der Waals surface area contributed by atoms with Crippen LogP contribution >= 0.6 is 9.24 Å². The lowest BCUT2D eigenvalue weighted by atomic mass is 10.1. The van der Waals surface area contributed by atoms with Gasteiger partial charge in [-0.1, -0.05) is 30.3 Å². The Labute approximate surface area is 161 Å². The minimum atomic E-state index is -0.384. The van der Waals surface area contributed by atoms with Gasteiger partial charge in [-0.2, -0.15) is 0 Å². The minimum absolute atomic E-state index is 0.103. The van der Waals surface area contributed by atoms with Crippen LogP contribution < -0.4 is 14.2 Å². The fraction of sp³-hybridized carbons (Fsp3) is 0.136. The number of ether oxygens (including phenoxy) is 3. The predicted octanol–water partition coefficient (Wildman–Crippen LogP) is 5.00. The first-order valence-corrected chi connectivity index (χ1v) is 9.40. The van der Waals surface area contributed by atoms with Crippen LogP contribution in [0.5, 0.6) is 17.2 Å². The summed E-state index contributed by atoms with van der Waals surface area (Å²) >= 11 is 0. The quantitative estimate of drug-likeness (QED) is 0.250. The number of carbonyl (C=O) groups is 1. The molecule has 1 atom stereocenters. The van der Waals surface area contributed by atoms with Crippen molar-refractivity contribution < 1.29 is 19.0 Å². The second kappa shape index (κ2) is 9.20. The van der Waals surface area contributed by atoms with Crippen LogP contribution in [0.1, 0.15) is 21.5 Å². The molecule has 0 fully saturated rings. The van der Waals surface area contributed by atoms with Gasteiger partial charge in [-0.25, -0.2) is 4.79 Å². The molecule has 3 rings (SSSR count). The summed E-state index contributed by atoms with van der Waals surface area (Å²) in [5.74, 6) is 1.51. The summed E-state index contributed by atoms with van der Waals surface area (Å²) in [6.45, 7) is 1.99. The van der Waals surface area contributed by atoms with E-state index in [0.29, 0.717) is 17.1 Å². The van der Waals surface area contributed by atoms with E-state index in [1.807, 2.05) is 49.4 Å². The number of aryl methyl sites for hydroxylation is 1. The summed E-state index contributed by atoms with van der Waals surface area (Å²) in [5.41, 5.74) is 2.52. The van der Waals surface area contributed by atoms with Crippen molar-refractivity contribution in [1.82, 2.24) is 0 Å². The van der Waals surface area contributed by atoms with E-state index in [2.05, 4.69) is 9.24 Å². The van der Waals surface area contributed by atoms with Gasteiger partial charge in [0.25, 0.3) is 0 Å². The van der Waals surface area contributed by atoms with E-state index in [9.17, 15) is 4.79 Å². The Morgan fingerprint density at radius 1 is 0.889 bits per heavy atom. The van der Waals surface area contributed by atoms with Crippen molar-refractivity contribution in [2.45, 2.75) is 13.1 Å². The van der Waals surface area contributed by atoms with Crippen LogP contribution in [0.3, 0.4) is 0 Å². The van der Waals surface area contributed by atoms with Crippen molar-refractivity contribution in [2.24, 2.45) is 0 Å². The van der Waals surface area contributed by atoms with Gasteiger partial charge in [0, 0.05) is 0 Å². The second-order valence-corrected chi connectivity index (χ2v) is 6.35. The molecule has 5 heteroatoms. The summed E-state index contributed by atoms with van der Waals surface area (Å²) in [5, 5.41) is 0. The van der Waals surface area contributed by atoms with E-state index < -0.39 is 0 Å². The van der Waals surface area contributed by atoms with Crippen LogP contribution in [0.25, 0.3) is 0 Å². The van der Waals surface area contributed by atoms with E-state index in [1.54, 1.807) is 30.3 Å². The van der Waals surface area contributed by atoms with Gasteiger partial charge in [0.15, 0.2) is 0 Å². The molecule has 0 bridgehead atoms. The lowest BCUT2D eigenvalue weighted by Crippen LogP contribution is -2.09. The molecule has 4 nitrogen and oxygen atoms in total. The Morgan fingerprint density at radius 2 is 1.63 bits per heavy atom. The molecule has 0 radical (unpaired) electrons. The molecule has 0 aromatic heterocycles. The molecule has 0 N–H and O–H groups in total. The van der Waals surface area contributed by atoms with Gasteiger partial charge < -0.3 is 14.2 Å². The van der Waals surface area contributed by atoms with E-state index in [0.717, 1.165) is 23.0 Å². The molecule has 1 unspecified atom stereocenters. The van der Waals surface area contributed by atoms with E-state index in [-0.39, 0.29) is 12.8 Å². The smallest absolute Gasteiger partial charge is 0.343 e. The standard InChI is InChI=1S/C22H21O4P/c1-16-13-20(26-22(23)18-9-7-17(14-27)8-10-18)11-12-21(16)25-15-24-19-5-3-2-4-6-19/h2-13H,14-15,27H2,1H3. The van der Waals surface area contributed by atoms with Crippen molar-refractivity contribution in [3.05, 3.63) is 89.5 Å². The van der Waals surface area contributed by atoms with Crippen molar-refractivity contribution >= 4 is 15.2 Å². The maximum atomic E-state index is 12.3. The zero-order chi connectivity index (χ0) is 19.1. The summed E-state index contributed by atoms with van der Waals surface area (Å²) < 4.78 is 16.6. The minimum Gasteiger partial charge on any atom is -0.458 e. The van der Waals surface area contributed by atoms with Gasteiger partial charge >= 0.3 is 5.97 Å². The van der Waals surface area contributed by atoms with Gasteiger partial charge in [-0.3, -0.25) is 0 Å². The second-order valence-electron chi connectivity index (χ2n) is 5.94. The molecule has 138 valence electrons. The first-order chi connectivity index (χ1) is 13.2. The zero-order valence-electron chi connectivity index (χ0n) is 15.1. The van der Waals surface area contributed by atoms with Gasteiger partial charge in [0.2, 0.25) is 6.79 Å². The molecule has 27 heavy (non-hydrogen) atoms. The predicted molar refractivity (Wildman–Crippen MR) is 109 cm³/mol. The zero-order valence-corrected chi connectivity index (χ0v) is 16.2. The third-order valence-electron chi connectivity index (χ3n) is 3.97. The van der Waals surface area contributed by atoms with E-state index in [4.69, 9.17) is 14.2 Å². The largest absolute Gasteiger partial charge is 0.458 e. The van der Waals surface area contributed by atoms with Gasteiger partial charge in [0.05, 0.1) is 5.56 Å². The number of rotatable bonds is 7. The summed E-state index contributed by atoms with van der Waals surface area (Å²) in [6, 6.07) is 22.1. The molecule has 0 saturated heterocycles. The molecular weight excluding hydrogens is 359 g/mol. The number of para-hydroxylation sites is 1. The fourth-order valence-electron chi connectivity index (χ4n) is 2.47. The summed E-state index contributed by atoms with van der Waals surface area (Å²) in [7, 11) is 2.66. The molecule has 0 aliphatic heterocycles. The number of benzene rings is 3. The van der Waals surface area contributed by atoms with Crippen molar-refractivity contribution in [3.8, 4) is 17.2 Å². The Hall–Kier alpha value is -2.84. The first kappa shape index (κ1) is 18.9. The Kier molecular flexibility index (Phi) is 6.45. The fourth-order valence-corrected chi connectivity index (χ4v) is 2.74. The van der Waals surface area contributed by atoms with Crippen LogP contribution in [0.15, 0.2) is 72.8 Å². The Bertz CT molecular complexity index is 892. The van der Waals surface area contributed by atoms with E-state index >= 15 is 0 Å². The van der Waals surface area contributed by atoms with Crippen LogP contribution in [-0.2, 0) is 6.16 Å². The average molecular weight is 380 g/mol. The molecule has 3 aromatic rings. The van der Waals surface area contributed by atoms with E-state index in [1.165, 1.54) is 0 Å². The highest BCUT2D eigenvalue weighted by atomic mass is 31.0. The molecule has 0 heterocycles. The van der Waals surface area contributed by atoms with Crippen molar-refractivity contribution in [2.75, 3.05) is 6.79 Å². The lowest BCUT2D eigenvalue weighted by molar-refractivity contribution is 0.0734. The van der Waals surface area contributed by atoms with Crippen molar-refractivity contribution in [1.29, 1.82) is 0 Å². The highest BCUT2D eigenvalue weighted by Crippen LogP contribution is 2.24. The SMILES string of the molecule is Cc1cc(OC(=O)c2ccc(CP)cc2)ccc1OCOc1ccccc1. The van der Waals surface area contributed by atoms with Gasteiger partial charge in [0.1, 0.15) is 17.2 Å². The Balaban J connectivity index is 1.57. The Morgan fingerprint density at radius 3 is 2.30 bits per heavy atom. The average Bonchev–Trinajstić information content (AvgIpc) is 2.70. The monoisotopic (exact) mass is 380 g/mol.